The van der Waals surface area contributed by atoms with Gasteiger partial charge in [-0.3, -0.25) is 0 Å². The van der Waals surface area contributed by atoms with Crippen LogP contribution >= 0.6 is 45.2 Å². The molecule has 1 unspecified atom stereocenters. The van der Waals surface area contributed by atoms with Gasteiger partial charge in [0.15, 0.2) is 0 Å². The number of hydrogen-bond donors (Lipinski definition) is 0. The van der Waals surface area contributed by atoms with Gasteiger partial charge in [0, 0.05) is 1.59 Å². The van der Waals surface area contributed by atoms with Crippen LogP contribution in [0.1, 0.15) is 33.1 Å². The summed E-state index contributed by atoms with van der Waals surface area (Å²) in [5.74, 6) is 0.890. The molecule has 1 rings (SSSR count). The molecule has 0 radical (unpaired) electrons. The van der Waals surface area contributed by atoms with Crippen LogP contribution in [-0.2, 0) is 0 Å². The molecule has 0 aliphatic heterocycles. The van der Waals surface area contributed by atoms with Gasteiger partial charge in [-0.05, 0) is 75.8 Å². The largest absolute Gasteiger partial charge is 0.0648 e. The summed E-state index contributed by atoms with van der Waals surface area (Å²) >= 11 is 4.79. The molecule has 0 saturated heterocycles. The molecule has 64 valence electrons. The van der Waals surface area contributed by atoms with Crippen LogP contribution in [-0.4, -0.2) is 0 Å². The highest BCUT2D eigenvalue weighted by molar-refractivity contribution is 14.2. The van der Waals surface area contributed by atoms with Crippen molar-refractivity contribution >= 4 is 45.2 Å². The lowest BCUT2D eigenvalue weighted by Crippen LogP contribution is -1.98. The van der Waals surface area contributed by atoms with Gasteiger partial charge in [-0.15, -0.1) is 0 Å². The van der Waals surface area contributed by atoms with Crippen molar-refractivity contribution < 1.29 is 0 Å². The highest BCUT2D eigenvalue weighted by atomic mass is 127. The molecule has 1 fully saturated rings. The number of halogens is 2. The fourth-order valence-electron chi connectivity index (χ4n) is 1.83. The molecule has 0 aromatic carbocycles. The van der Waals surface area contributed by atoms with Crippen LogP contribution in [0.4, 0.5) is 0 Å². The molecule has 11 heavy (non-hydrogen) atoms. The SMILES string of the molecule is CCC1(CC)CC1C=C(I)I. The van der Waals surface area contributed by atoms with Crippen LogP contribution in [0.15, 0.2) is 7.66 Å². The molecular formula is C9H14I2. The Morgan fingerprint density at radius 2 is 2.00 bits per heavy atom. The lowest BCUT2D eigenvalue weighted by Gasteiger charge is -2.08. The quantitative estimate of drug-likeness (QED) is 0.636. The summed E-state index contributed by atoms with van der Waals surface area (Å²) in [7, 11) is 0. The van der Waals surface area contributed by atoms with E-state index in [1.165, 1.54) is 20.8 Å². The molecule has 2 heteroatoms. The third-order valence-corrected chi connectivity index (χ3v) is 3.71. The van der Waals surface area contributed by atoms with Gasteiger partial charge >= 0.3 is 0 Å². The number of hydrogen-bond acceptors (Lipinski definition) is 0. The third kappa shape index (κ3) is 2.32. The molecule has 0 heterocycles. The molecular weight excluding hydrogens is 362 g/mol. The molecule has 0 N–H and O–H groups in total. The maximum Gasteiger partial charge on any atom is 0.0477 e. The molecule has 0 nitrogen and oxygen atoms in total. The average molecular weight is 376 g/mol. The maximum absolute atomic E-state index is 2.42. The van der Waals surface area contributed by atoms with E-state index >= 15 is 0 Å². The van der Waals surface area contributed by atoms with E-state index in [4.69, 9.17) is 0 Å². The Balaban J connectivity index is 2.51. The Morgan fingerprint density at radius 3 is 2.27 bits per heavy atom. The predicted molar refractivity (Wildman–Crippen MR) is 67.2 cm³/mol. The van der Waals surface area contributed by atoms with E-state index in [0.29, 0.717) is 5.41 Å². The molecule has 0 aromatic heterocycles. The van der Waals surface area contributed by atoms with Crippen molar-refractivity contribution in [1.29, 1.82) is 0 Å². The first kappa shape index (κ1) is 10.3. The van der Waals surface area contributed by atoms with E-state index < -0.39 is 0 Å². The van der Waals surface area contributed by atoms with E-state index in [2.05, 4.69) is 65.1 Å². The fraction of sp³-hybridized carbons (Fsp3) is 0.778. The Kier molecular flexibility index (Phi) is 3.68. The molecule has 0 spiro atoms. The minimum absolute atomic E-state index is 0.696. The first-order valence-electron chi connectivity index (χ1n) is 4.17. The predicted octanol–water partition coefficient (Wildman–Crippen LogP) is 4.52. The van der Waals surface area contributed by atoms with Crippen molar-refractivity contribution in [1.82, 2.24) is 0 Å². The minimum Gasteiger partial charge on any atom is -0.0648 e. The number of rotatable bonds is 3. The zero-order valence-electron chi connectivity index (χ0n) is 7.03. The molecule has 0 amide bonds. The molecule has 1 saturated carbocycles. The first-order valence-corrected chi connectivity index (χ1v) is 6.33. The van der Waals surface area contributed by atoms with E-state index in [-0.39, 0.29) is 0 Å². The van der Waals surface area contributed by atoms with Crippen molar-refractivity contribution in [2.75, 3.05) is 0 Å². The zero-order chi connectivity index (χ0) is 8.48. The fourth-order valence-corrected chi connectivity index (χ4v) is 2.70. The van der Waals surface area contributed by atoms with E-state index in [1.54, 1.807) is 0 Å². The Morgan fingerprint density at radius 1 is 1.45 bits per heavy atom. The molecule has 0 aromatic rings. The summed E-state index contributed by atoms with van der Waals surface area (Å²) < 4.78 is 1.42. The van der Waals surface area contributed by atoms with Gasteiger partial charge in [-0.25, -0.2) is 0 Å². The Hall–Kier alpha value is 1.20. The molecule has 1 aliphatic rings. The second-order valence-corrected chi connectivity index (χ2v) is 7.72. The van der Waals surface area contributed by atoms with Gasteiger partial charge in [0.2, 0.25) is 0 Å². The maximum atomic E-state index is 2.42. The summed E-state index contributed by atoms with van der Waals surface area (Å²) in [6.45, 7) is 4.63. The summed E-state index contributed by atoms with van der Waals surface area (Å²) in [4.78, 5) is 0. The third-order valence-electron chi connectivity index (χ3n) is 2.99. The Bertz CT molecular complexity index is 164. The van der Waals surface area contributed by atoms with Gasteiger partial charge in [0.1, 0.15) is 0 Å². The minimum atomic E-state index is 0.696. The van der Waals surface area contributed by atoms with Crippen molar-refractivity contribution in [2.24, 2.45) is 11.3 Å². The van der Waals surface area contributed by atoms with Crippen LogP contribution in [0.5, 0.6) is 0 Å². The summed E-state index contributed by atoms with van der Waals surface area (Å²) in [6.07, 6.45) is 6.56. The van der Waals surface area contributed by atoms with Crippen LogP contribution in [0.25, 0.3) is 0 Å². The molecule has 1 aliphatic carbocycles. The summed E-state index contributed by atoms with van der Waals surface area (Å²) in [5, 5.41) is 0. The standard InChI is InChI=1S/C9H14I2/c1-3-9(4-2)6-7(9)5-8(10)11/h5,7H,3-4,6H2,1-2H3. The van der Waals surface area contributed by atoms with Crippen LogP contribution in [0.2, 0.25) is 0 Å². The normalized spacial score (nSPS) is 26.4. The van der Waals surface area contributed by atoms with Crippen LogP contribution in [0, 0.1) is 11.3 Å². The van der Waals surface area contributed by atoms with Gasteiger partial charge in [-0.2, -0.15) is 0 Å². The van der Waals surface area contributed by atoms with Gasteiger partial charge < -0.3 is 0 Å². The summed E-state index contributed by atoms with van der Waals surface area (Å²) in [5.41, 5.74) is 0.696. The topological polar surface area (TPSA) is 0 Å². The van der Waals surface area contributed by atoms with Crippen LogP contribution < -0.4 is 0 Å². The second kappa shape index (κ2) is 3.94. The summed E-state index contributed by atoms with van der Waals surface area (Å²) in [6, 6.07) is 0. The zero-order valence-corrected chi connectivity index (χ0v) is 11.3. The first-order chi connectivity index (χ1) is 5.14. The lowest BCUT2D eigenvalue weighted by molar-refractivity contribution is 0.447. The average Bonchev–Trinajstić information content (AvgIpc) is 2.63. The smallest absolute Gasteiger partial charge is 0.0477 e. The van der Waals surface area contributed by atoms with E-state index in [1.807, 2.05) is 0 Å². The molecule has 1 atom stereocenters. The highest BCUT2D eigenvalue weighted by Gasteiger charge is 2.49. The van der Waals surface area contributed by atoms with Crippen molar-refractivity contribution in [3.63, 3.8) is 0 Å². The second-order valence-electron chi connectivity index (χ2n) is 3.34. The van der Waals surface area contributed by atoms with Crippen molar-refractivity contribution in [3.05, 3.63) is 7.66 Å². The van der Waals surface area contributed by atoms with Gasteiger partial charge in [0.25, 0.3) is 0 Å². The lowest BCUT2D eigenvalue weighted by atomic mass is 9.97. The van der Waals surface area contributed by atoms with Gasteiger partial charge in [0.05, 0.1) is 0 Å². The van der Waals surface area contributed by atoms with Crippen LogP contribution in [0.3, 0.4) is 0 Å². The van der Waals surface area contributed by atoms with Crippen molar-refractivity contribution in [3.8, 4) is 0 Å². The molecule has 0 bridgehead atoms. The van der Waals surface area contributed by atoms with Crippen molar-refractivity contribution in [2.45, 2.75) is 33.1 Å². The Labute approximate surface area is 96.5 Å². The monoisotopic (exact) mass is 376 g/mol. The number of allylic oxidation sites excluding steroid dienone is 1. The van der Waals surface area contributed by atoms with E-state index in [0.717, 1.165) is 5.92 Å². The highest BCUT2D eigenvalue weighted by Crippen LogP contribution is 2.59. The van der Waals surface area contributed by atoms with E-state index in [9.17, 15) is 0 Å². The van der Waals surface area contributed by atoms with Gasteiger partial charge in [-0.1, -0.05) is 19.9 Å².